The fraction of sp³-hybridized carbons (Fsp3) is 0.542. The van der Waals surface area contributed by atoms with Crippen LogP contribution in [-0.2, 0) is 39.4 Å². The average molecular weight is 446 g/mol. The van der Waals surface area contributed by atoms with Crippen molar-refractivity contribution in [3.8, 4) is 0 Å². The number of hydrogen-bond donors (Lipinski definition) is 2. The fourth-order valence-electron chi connectivity index (χ4n) is 4.62. The molecule has 1 fully saturated rings. The lowest BCUT2D eigenvalue weighted by atomic mass is 9.86. The van der Waals surface area contributed by atoms with Crippen molar-refractivity contribution < 1.29 is 14.1 Å². The summed E-state index contributed by atoms with van der Waals surface area (Å²) in [5.74, 6) is 0.772. The summed E-state index contributed by atoms with van der Waals surface area (Å²) >= 11 is 1.17. The number of Topliss-reactive ketones (excluding diaryl/α,β-unsaturated/α-hetero) is 1. The molecule has 1 aromatic carbocycles. The minimum Gasteiger partial charge on any atom is -0.385 e. The molecule has 0 bridgehead atoms. The summed E-state index contributed by atoms with van der Waals surface area (Å²) in [7, 11) is -3.21. The predicted molar refractivity (Wildman–Crippen MR) is 122 cm³/mol. The van der Waals surface area contributed by atoms with Gasteiger partial charge in [0.1, 0.15) is 4.21 Å². The Morgan fingerprint density at radius 1 is 1.27 bits per heavy atom. The third-order valence-corrected chi connectivity index (χ3v) is 10.3. The van der Waals surface area contributed by atoms with Crippen LogP contribution in [-0.4, -0.2) is 20.9 Å². The van der Waals surface area contributed by atoms with Crippen molar-refractivity contribution in [3.05, 3.63) is 51.4 Å². The van der Waals surface area contributed by atoms with Crippen molar-refractivity contribution in [1.29, 1.82) is 4.78 Å². The van der Waals surface area contributed by atoms with Gasteiger partial charge in [0, 0.05) is 11.3 Å². The Morgan fingerprint density at radius 2 is 2.00 bits per heavy atom. The zero-order valence-corrected chi connectivity index (χ0v) is 19.6. The van der Waals surface area contributed by atoms with Gasteiger partial charge in [-0.1, -0.05) is 19.1 Å². The van der Waals surface area contributed by atoms with E-state index >= 15 is 0 Å². The van der Waals surface area contributed by atoms with Crippen LogP contribution in [0, 0.1) is 10.7 Å². The molecule has 0 saturated heterocycles. The second kappa shape index (κ2) is 7.88. The maximum atomic E-state index is 13.1. The number of ketones is 1. The van der Waals surface area contributed by atoms with Gasteiger partial charge < -0.3 is 5.11 Å². The maximum Gasteiger partial charge on any atom is 0.151 e. The molecular weight excluding hydrogens is 414 g/mol. The number of hydrogen-bond acceptors (Lipinski definition) is 5. The highest BCUT2D eigenvalue weighted by Crippen LogP contribution is 2.44. The van der Waals surface area contributed by atoms with E-state index in [0.717, 1.165) is 24.8 Å². The Morgan fingerprint density at radius 3 is 2.63 bits per heavy atom. The third-order valence-electron chi connectivity index (χ3n) is 6.50. The monoisotopic (exact) mass is 445 g/mol. The highest BCUT2D eigenvalue weighted by molar-refractivity contribution is 7.95. The SMILES string of the molecule is C[C@H](c1ccc2c(c1CC(=O)C[S@](=N)(=O)c1ccc(C(C)(C)O)s1)CCC2)C1CC1. The van der Waals surface area contributed by atoms with Crippen LogP contribution in [0.2, 0.25) is 0 Å². The molecule has 0 aliphatic heterocycles. The molecule has 30 heavy (non-hydrogen) atoms. The van der Waals surface area contributed by atoms with Crippen LogP contribution in [0.3, 0.4) is 0 Å². The van der Waals surface area contributed by atoms with E-state index in [2.05, 4.69) is 19.1 Å². The maximum absolute atomic E-state index is 13.1. The summed E-state index contributed by atoms with van der Waals surface area (Å²) in [6.45, 7) is 5.59. The van der Waals surface area contributed by atoms with Crippen molar-refractivity contribution in [2.75, 3.05) is 5.75 Å². The minimum atomic E-state index is -3.21. The number of fused-ring (bicyclic) bond motifs is 1. The van der Waals surface area contributed by atoms with Crippen LogP contribution in [0.5, 0.6) is 0 Å². The molecule has 1 saturated carbocycles. The van der Waals surface area contributed by atoms with Gasteiger partial charge in [-0.2, -0.15) is 0 Å². The molecule has 6 heteroatoms. The summed E-state index contributed by atoms with van der Waals surface area (Å²) in [5, 5.41) is 10.2. The fourth-order valence-corrected chi connectivity index (χ4v) is 7.33. The van der Waals surface area contributed by atoms with Gasteiger partial charge in [-0.15, -0.1) is 11.3 Å². The number of carbonyl (C=O) groups is 1. The highest BCUT2D eigenvalue weighted by Gasteiger charge is 2.32. The molecule has 0 radical (unpaired) electrons. The van der Waals surface area contributed by atoms with Crippen LogP contribution >= 0.6 is 11.3 Å². The van der Waals surface area contributed by atoms with Gasteiger partial charge in [-0.3, -0.25) is 4.79 Å². The van der Waals surface area contributed by atoms with Gasteiger partial charge in [0.05, 0.1) is 21.1 Å². The molecule has 1 aromatic heterocycles. The van der Waals surface area contributed by atoms with E-state index in [1.54, 1.807) is 26.0 Å². The Kier molecular flexibility index (Phi) is 5.71. The van der Waals surface area contributed by atoms with Crippen LogP contribution in [0.4, 0.5) is 0 Å². The Bertz CT molecular complexity index is 1070. The quantitative estimate of drug-likeness (QED) is 0.586. The first-order valence-corrected chi connectivity index (χ1v) is 13.3. The third kappa shape index (κ3) is 4.41. The molecule has 4 nitrogen and oxygen atoms in total. The average Bonchev–Trinajstić information content (AvgIpc) is 3.16. The molecule has 2 aromatic rings. The van der Waals surface area contributed by atoms with Crippen molar-refractivity contribution in [1.82, 2.24) is 0 Å². The zero-order valence-electron chi connectivity index (χ0n) is 18.0. The lowest BCUT2D eigenvalue weighted by Crippen LogP contribution is -2.19. The van der Waals surface area contributed by atoms with Gasteiger partial charge in [-0.05, 0) is 92.2 Å². The smallest absolute Gasteiger partial charge is 0.151 e. The number of carbonyl (C=O) groups excluding carboxylic acids is 1. The number of aliphatic hydroxyl groups is 1. The van der Waals surface area contributed by atoms with E-state index in [-0.39, 0.29) is 18.0 Å². The predicted octanol–water partition coefficient (Wildman–Crippen LogP) is 5.20. The van der Waals surface area contributed by atoms with E-state index in [1.807, 2.05) is 0 Å². The van der Waals surface area contributed by atoms with Crippen LogP contribution in [0.25, 0.3) is 0 Å². The van der Waals surface area contributed by atoms with Gasteiger partial charge in [0.25, 0.3) is 0 Å². The summed E-state index contributed by atoms with van der Waals surface area (Å²) in [6.07, 6.45) is 6.00. The van der Waals surface area contributed by atoms with Crippen LogP contribution in [0.15, 0.2) is 28.5 Å². The van der Waals surface area contributed by atoms with E-state index in [9.17, 15) is 14.1 Å². The molecule has 2 atom stereocenters. The van der Waals surface area contributed by atoms with Crippen LogP contribution in [0.1, 0.15) is 73.1 Å². The zero-order chi connectivity index (χ0) is 21.7. The first-order chi connectivity index (χ1) is 14.1. The molecule has 4 rings (SSSR count). The van der Waals surface area contributed by atoms with Crippen molar-refractivity contribution in [2.24, 2.45) is 5.92 Å². The number of nitrogens with one attached hydrogen (secondary N) is 1. The summed E-state index contributed by atoms with van der Waals surface area (Å²) in [5.41, 5.74) is 4.06. The molecule has 2 aliphatic rings. The summed E-state index contributed by atoms with van der Waals surface area (Å²) in [4.78, 5) is 13.7. The lowest BCUT2D eigenvalue weighted by molar-refractivity contribution is -0.116. The standard InChI is InChI=1S/C24H31NO3S2/c1-15(16-7-8-16)19-10-9-17-5-4-6-20(17)21(19)13-18(26)14-30(25,28)23-12-11-22(29-23)24(2,3)27/h9-12,15-16,25,27H,4-8,13-14H2,1-3H3/t15-,30-/m0/s1. The normalized spacial score (nSPS) is 19.3. The Hall–Kier alpha value is -1.50. The number of benzene rings is 1. The van der Waals surface area contributed by atoms with E-state index < -0.39 is 15.3 Å². The van der Waals surface area contributed by atoms with Crippen molar-refractivity contribution in [2.45, 2.75) is 75.0 Å². The Labute approximate surface area is 183 Å². The van der Waals surface area contributed by atoms with E-state index in [0.29, 0.717) is 20.9 Å². The van der Waals surface area contributed by atoms with E-state index in [4.69, 9.17) is 4.78 Å². The molecule has 2 N–H and O–H groups in total. The Balaban J connectivity index is 1.57. The topological polar surface area (TPSA) is 78.2 Å². The molecule has 0 spiro atoms. The minimum absolute atomic E-state index is 0.127. The molecule has 162 valence electrons. The number of aryl methyl sites for hydroxylation is 1. The first-order valence-electron chi connectivity index (χ1n) is 10.8. The van der Waals surface area contributed by atoms with Crippen LogP contribution < -0.4 is 0 Å². The van der Waals surface area contributed by atoms with Crippen molar-refractivity contribution in [3.63, 3.8) is 0 Å². The molecule has 0 amide bonds. The molecule has 0 unspecified atom stereocenters. The van der Waals surface area contributed by atoms with Gasteiger partial charge >= 0.3 is 0 Å². The van der Waals surface area contributed by atoms with Gasteiger partial charge in [0.15, 0.2) is 5.78 Å². The highest BCUT2D eigenvalue weighted by atomic mass is 32.2. The van der Waals surface area contributed by atoms with E-state index in [1.165, 1.54) is 40.9 Å². The van der Waals surface area contributed by atoms with Crippen molar-refractivity contribution >= 4 is 26.8 Å². The molecule has 2 aliphatic carbocycles. The second-order valence-corrected chi connectivity index (χ2v) is 12.9. The number of rotatable bonds is 8. The summed E-state index contributed by atoms with van der Waals surface area (Å²) < 4.78 is 21.8. The lowest BCUT2D eigenvalue weighted by Gasteiger charge is -2.20. The van der Waals surface area contributed by atoms with Gasteiger partial charge in [-0.25, -0.2) is 8.99 Å². The van der Waals surface area contributed by atoms with Gasteiger partial charge in [0.2, 0.25) is 0 Å². The first kappa shape index (κ1) is 21.7. The largest absolute Gasteiger partial charge is 0.385 e. The second-order valence-electron chi connectivity index (χ2n) is 9.46. The number of thiophene rings is 1. The summed E-state index contributed by atoms with van der Waals surface area (Å²) in [6, 6.07) is 7.78. The molecular formula is C24H31NO3S2. The molecule has 1 heterocycles.